The molecule has 2 aromatic rings. The van der Waals surface area contributed by atoms with Crippen LogP contribution >= 0.6 is 11.3 Å². The minimum absolute atomic E-state index is 0.132. The van der Waals surface area contributed by atoms with Crippen LogP contribution in [0.2, 0.25) is 0 Å². The first-order valence-electron chi connectivity index (χ1n) is 8.37. The van der Waals surface area contributed by atoms with E-state index in [0.717, 1.165) is 29.9 Å². The largest absolute Gasteiger partial charge is 0.383 e. The number of thiophene rings is 1. The standard InChI is InChI=1S/C18H25N3O2S/c1-11-5-6-17(24-11)14-9-15(14)18(22)19-10-16-12(2)20-21(13(16)3)7-8-23-4/h5-6,14-15H,7-10H2,1-4H3,(H,19,22)/t14-,15-/m1/s1. The molecule has 130 valence electrons. The molecule has 24 heavy (non-hydrogen) atoms. The van der Waals surface area contributed by atoms with Gasteiger partial charge in [0.25, 0.3) is 0 Å². The van der Waals surface area contributed by atoms with Gasteiger partial charge in [-0.05, 0) is 39.3 Å². The molecule has 0 bridgehead atoms. The number of carbonyl (C=O) groups is 1. The van der Waals surface area contributed by atoms with E-state index in [4.69, 9.17) is 4.74 Å². The van der Waals surface area contributed by atoms with Crippen molar-refractivity contribution in [2.75, 3.05) is 13.7 Å². The monoisotopic (exact) mass is 347 g/mol. The number of carbonyl (C=O) groups excluding carboxylic acids is 1. The smallest absolute Gasteiger partial charge is 0.224 e. The molecule has 0 radical (unpaired) electrons. The molecule has 2 heterocycles. The number of nitrogens with zero attached hydrogens (tertiary/aromatic N) is 2. The second-order valence-electron chi connectivity index (χ2n) is 6.48. The molecule has 0 saturated heterocycles. The minimum atomic E-state index is 0.132. The maximum absolute atomic E-state index is 12.4. The summed E-state index contributed by atoms with van der Waals surface area (Å²) in [7, 11) is 1.69. The highest BCUT2D eigenvalue weighted by Crippen LogP contribution is 2.49. The van der Waals surface area contributed by atoms with E-state index in [2.05, 4.69) is 29.5 Å². The summed E-state index contributed by atoms with van der Waals surface area (Å²) < 4.78 is 7.07. The Labute approximate surface area is 147 Å². The van der Waals surface area contributed by atoms with Crippen molar-refractivity contribution in [3.05, 3.63) is 38.8 Å². The molecule has 5 nitrogen and oxygen atoms in total. The molecule has 2 atom stereocenters. The van der Waals surface area contributed by atoms with Crippen LogP contribution in [0.1, 0.15) is 39.0 Å². The Balaban J connectivity index is 1.56. The number of rotatable bonds is 7. The van der Waals surface area contributed by atoms with E-state index in [1.54, 1.807) is 18.4 Å². The van der Waals surface area contributed by atoms with E-state index in [9.17, 15) is 4.79 Å². The number of aryl methyl sites for hydroxylation is 2. The van der Waals surface area contributed by atoms with E-state index in [0.29, 0.717) is 19.1 Å². The summed E-state index contributed by atoms with van der Waals surface area (Å²) in [6.45, 7) is 8.07. The normalized spacial score (nSPS) is 19.5. The van der Waals surface area contributed by atoms with E-state index in [1.165, 1.54) is 9.75 Å². The van der Waals surface area contributed by atoms with Crippen molar-refractivity contribution in [3.63, 3.8) is 0 Å². The Kier molecular flexibility index (Phi) is 5.06. The van der Waals surface area contributed by atoms with Gasteiger partial charge in [-0.2, -0.15) is 5.10 Å². The Bertz CT molecular complexity index is 735. The molecule has 0 aliphatic heterocycles. The molecular formula is C18H25N3O2S. The van der Waals surface area contributed by atoms with Gasteiger partial charge in [-0.15, -0.1) is 11.3 Å². The summed E-state index contributed by atoms with van der Waals surface area (Å²) in [5, 5.41) is 7.64. The third-order valence-corrected chi connectivity index (χ3v) is 5.86. The third kappa shape index (κ3) is 3.54. The number of aromatic nitrogens is 2. The van der Waals surface area contributed by atoms with Crippen LogP contribution in [-0.2, 0) is 22.6 Å². The van der Waals surface area contributed by atoms with Gasteiger partial charge in [-0.3, -0.25) is 9.48 Å². The molecule has 0 spiro atoms. The van der Waals surface area contributed by atoms with Gasteiger partial charge in [0.2, 0.25) is 5.91 Å². The van der Waals surface area contributed by atoms with Crippen LogP contribution < -0.4 is 5.32 Å². The van der Waals surface area contributed by atoms with Crippen LogP contribution in [0.4, 0.5) is 0 Å². The Hall–Kier alpha value is -1.66. The number of hydrogen-bond acceptors (Lipinski definition) is 4. The maximum Gasteiger partial charge on any atom is 0.224 e. The lowest BCUT2D eigenvalue weighted by molar-refractivity contribution is -0.122. The average Bonchev–Trinajstić information content (AvgIpc) is 3.17. The Morgan fingerprint density at radius 1 is 1.42 bits per heavy atom. The SMILES string of the molecule is COCCn1nc(C)c(CNC(=O)[C@@H]2C[C@H]2c2ccc(C)s2)c1C. The third-order valence-electron chi connectivity index (χ3n) is 4.73. The number of methoxy groups -OCH3 is 1. The summed E-state index contributed by atoms with van der Waals surface area (Å²) in [6.07, 6.45) is 0.969. The second-order valence-corrected chi connectivity index (χ2v) is 7.80. The lowest BCUT2D eigenvalue weighted by Gasteiger charge is -2.07. The molecule has 6 heteroatoms. The van der Waals surface area contributed by atoms with Crippen molar-refractivity contribution in [1.82, 2.24) is 15.1 Å². The molecule has 1 amide bonds. The van der Waals surface area contributed by atoms with Gasteiger partial charge in [0.05, 0.1) is 18.8 Å². The van der Waals surface area contributed by atoms with Crippen LogP contribution in [-0.4, -0.2) is 29.4 Å². The fraction of sp³-hybridized carbons (Fsp3) is 0.556. The van der Waals surface area contributed by atoms with Crippen LogP contribution in [0.15, 0.2) is 12.1 Å². The predicted octanol–water partition coefficient (Wildman–Crippen LogP) is 2.94. The Morgan fingerprint density at radius 2 is 2.21 bits per heavy atom. The Morgan fingerprint density at radius 3 is 2.88 bits per heavy atom. The van der Waals surface area contributed by atoms with Crippen molar-refractivity contribution in [1.29, 1.82) is 0 Å². The maximum atomic E-state index is 12.4. The average molecular weight is 347 g/mol. The first-order chi connectivity index (χ1) is 11.5. The molecule has 0 aromatic carbocycles. The number of ether oxygens (including phenoxy) is 1. The lowest BCUT2D eigenvalue weighted by Crippen LogP contribution is -2.25. The summed E-state index contributed by atoms with van der Waals surface area (Å²) in [6, 6.07) is 4.29. The van der Waals surface area contributed by atoms with Crippen molar-refractivity contribution >= 4 is 17.2 Å². The van der Waals surface area contributed by atoms with Crippen molar-refractivity contribution in [2.45, 2.75) is 46.2 Å². The van der Waals surface area contributed by atoms with E-state index >= 15 is 0 Å². The predicted molar refractivity (Wildman–Crippen MR) is 95.3 cm³/mol. The van der Waals surface area contributed by atoms with Gasteiger partial charge in [-0.25, -0.2) is 0 Å². The zero-order valence-electron chi connectivity index (χ0n) is 14.8. The molecule has 1 saturated carbocycles. The zero-order valence-corrected chi connectivity index (χ0v) is 15.6. The van der Waals surface area contributed by atoms with Crippen LogP contribution in [0.5, 0.6) is 0 Å². The fourth-order valence-corrected chi connectivity index (χ4v) is 4.20. The molecular weight excluding hydrogens is 322 g/mol. The van der Waals surface area contributed by atoms with Gasteiger partial charge >= 0.3 is 0 Å². The zero-order chi connectivity index (χ0) is 17.3. The highest BCUT2D eigenvalue weighted by molar-refractivity contribution is 7.12. The summed E-state index contributed by atoms with van der Waals surface area (Å²) >= 11 is 1.80. The lowest BCUT2D eigenvalue weighted by atomic mass is 10.2. The van der Waals surface area contributed by atoms with Gasteiger partial charge in [0.1, 0.15) is 0 Å². The van der Waals surface area contributed by atoms with Crippen LogP contribution in [0.25, 0.3) is 0 Å². The van der Waals surface area contributed by atoms with Gasteiger partial charge in [-0.1, -0.05) is 0 Å². The highest BCUT2D eigenvalue weighted by atomic mass is 32.1. The quantitative estimate of drug-likeness (QED) is 0.838. The number of hydrogen-bond donors (Lipinski definition) is 1. The molecule has 1 aliphatic carbocycles. The van der Waals surface area contributed by atoms with Crippen LogP contribution in [0.3, 0.4) is 0 Å². The molecule has 2 aromatic heterocycles. The van der Waals surface area contributed by atoms with Crippen molar-refractivity contribution < 1.29 is 9.53 Å². The van der Waals surface area contributed by atoms with Gasteiger partial charge in [0, 0.05) is 46.5 Å². The molecule has 1 N–H and O–H groups in total. The van der Waals surface area contributed by atoms with E-state index in [-0.39, 0.29) is 11.8 Å². The van der Waals surface area contributed by atoms with Crippen LogP contribution in [0, 0.1) is 26.7 Å². The number of amides is 1. The molecule has 0 unspecified atom stereocenters. The highest BCUT2D eigenvalue weighted by Gasteiger charge is 2.44. The first-order valence-corrected chi connectivity index (χ1v) is 9.18. The van der Waals surface area contributed by atoms with E-state index < -0.39 is 0 Å². The second kappa shape index (κ2) is 7.07. The summed E-state index contributed by atoms with van der Waals surface area (Å²) in [5.41, 5.74) is 3.19. The van der Waals surface area contributed by atoms with Gasteiger partial charge in [0.15, 0.2) is 0 Å². The summed E-state index contributed by atoms with van der Waals surface area (Å²) in [4.78, 5) is 15.1. The fourth-order valence-electron chi connectivity index (χ4n) is 3.14. The van der Waals surface area contributed by atoms with E-state index in [1.807, 2.05) is 18.5 Å². The first kappa shape index (κ1) is 17.2. The summed E-state index contributed by atoms with van der Waals surface area (Å²) in [5.74, 6) is 0.706. The van der Waals surface area contributed by atoms with Crippen molar-refractivity contribution in [3.8, 4) is 0 Å². The molecule has 1 fully saturated rings. The molecule has 3 rings (SSSR count). The minimum Gasteiger partial charge on any atom is -0.383 e. The topological polar surface area (TPSA) is 56.1 Å². The van der Waals surface area contributed by atoms with Gasteiger partial charge < -0.3 is 10.1 Å². The van der Waals surface area contributed by atoms with Crippen molar-refractivity contribution in [2.24, 2.45) is 5.92 Å². The number of nitrogens with one attached hydrogen (secondary N) is 1. The molecule has 1 aliphatic rings.